The SMILES string of the molecule is CCC(=O)NC(C)C(=O)NCC1CCCO1. The summed E-state index contributed by atoms with van der Waals surface area (Å²) >= 11 is 0. The predicted octanol–water partition coefficient (Wildman–Crippen LogP) is 0.196. The number of ether oxygens (including phenoxy) is 1. The Labute approximate surface area is 95.9 Å². The van der Waals surface area contributed by atoms with E-state index in [-0.39, 0.29) is 17.9 Å². The molecule has 0 aromatic rings. The second-order valence-corrected chi connectivity index (χ2v) is 4.02. The molecule has 1 saturated heterocycles. The maximum Gasteiger partial charge on any atom is 0.242 e. The monoisotopic (exact) mass is 228 g/mol. The van der Waals surface area contributed by atoms with Gasteiger partial charge in [-0.05, 0) is 19.8 Å². The highest BCUT2D eigenvalue weighted by atomic mass is 16.5. The van der Waals surface area contributed by atoms with Crippen molar-refractivity contribution in [3.63, 3.8) is 0 Å². The fourth-order valence-electron chi connectivity index (χ4n) is 1.58. The molecule has 2 atom stereocenters. The quantitative estimate of drug-likeness (QED) is 0.706. The van der Waals surface area contributed by atoms with Crippen LogP contribution >= 0.6 is 0 Å². The molecule has 0 radical (unpaired) electrons. The zero-order valence-corrected chi connectivity index (χ0v) is 9.91. The highest BCUT2D eigenvalue weighted by Gasteiger charge is 2.19. The van der Waals surface area contributed by atoms with Crippen molar-refractivity contribution in [3.05, 3.63) is 0 Å². The van der Waals surface area contributed by atoms with Crippen molar-refractivity contribution in [1.82, 2.24) is 10.6 Å². The van der Waals surface area contributed by atoms with Crippen LogP contribution in [0.5, 0.6) is 0 Å². The van der Waals surface area contributed by atoms with E-state index >= 15 is 0 Å². The highest BCUT2D eigenvalue weighted by Crippen LogP contribution is 2.10. The van der Waals surface area contributed by atoms with Crippen molar-refractivity contribution in [3.8, 4) is 0 Å². The third kappa shape index (κ3) is 4.18. The Balaban J connectivity index is 2.20. The van der Waals surface area contributed by atoms with E-state index in [9.17, 15) is 9.59 Å². The maximum absolute atomic E-state index is 11.6. The van der Waals surface area contributed by atoms with E-state index in [1.807, 2.05) is 0 Å². The predicted molar refractivity (Wildman–Crippen MR) is 59.9 cm³/mol. The molecule has 1 fully saturated rings. The molecule has 1 heterocycles. The average molecular weight is 228 g/mol. The third-order valence-corrected chi connectivity index (χ3v) is 2.62. The van der Waals surface area contributed by atoms with Crippen LogP contribution in [0.1, 0.15) is 33.1 Å². The van der Waals surface area contributed by atoms with Gasteiger partial charge in [0.2, 0.25) is 11.8 Å². The smallest absolute Gasteiger partial charge is 0.242 e. The molecular formula is C11H20N2O3. The van der Waals surface area contributed by atoms with Gasteiger partial charge in [0.25, 0.3) is 0 Å². The summed E-state index contributed by atoms with van der Waals surface area (Å²) in [6.45, 7) is 4.75. The standard InChI is InChI=1S/C11H20N2O3/c1-3-10(14)13-8(2)11(15)12-7-9-5-4-6-16-9/h8-9H,3-7H2,1-2H3,(H,12,15)(H,13,14). The Kier molecular flexibility index (Phi) is 5.25. The molecule has 16 heavy (non-hydrogen) atoms. The van der Waals surface area contributed by atoms with Crippen LogP contribution < -0.4 is 10.6 Å². The van der Waals surface area contributed by atoms with Crippen molar-refractivity contribution >= 4 is 11.8 Å². The molecule has 92 valence electrons. The van der Waals surface area contributed by atoms with Crippen LogP contribution in [0.3, 0.4) is 0 Å². The van der Waals surface area contributed by atoms with Gasteiger partial charge < -0.3 is 15.4 Å². The molecule has 2 N–H and O–H groups in total. The van der Waals surface area contributed by atoms with Crippen LogP contribution in [0.15, 0.2) is 0 Å². The Morgan fingerprint density at radius 1 is 1.50 bits per heavy atom. The lowest BCUT2D eigenvalue weighted by molar-refractivity contribution is -0.128. The summed E-state index contributed by atoms with van der Waals surface area (Å²) in [6.07, 6.45) is 2.58. The van der Waals surface area contributed by atoms with Crippen LogP contribution in [-0.2, 0) is 14.3 Å². The normalized spacial score (nSPS) is 21.5. The molecule has 0 aromatic heterocycles. The van der Waals surface area contributed by atoms with Crippen molar-refractivity contribution in [1.29, 1.82) is 0 Å². The molecule has 0 spiro atoms. The number of rotatable bonds is 5. The number of nitrogens with one attached hydrogen (secondary N) is 2. The lowest BCUT2D eigenvalue weighted by Gasteiger charge is -2.15. The molecule has 5 heteroatoms. The van der Waals surface area contributed by atoms with Gasteiger partial charge in [-0.15, -0.1) is 0 Å². The Morgan fingerprint density at radius 2 is 2.25 bits per heavy atom. The van der Waals surface area contributed by atoms with Gasteiger partial charge in [0.1, 0.15) is 6.04 Å². The number of carbonyl (C=O) groups is 2. The highest BCUT2D eigenvalue weighted by molar-refractivity contribution is 5.87. The van der Waals surface area contributed by atoms with Crippen LogP contribution in [-0.4, -0.2) is 37.1 Å². The van der Waals surface area contributed by atoms with Crippen molar-refractivity contribution in [2.45, 2.75) is 45.3 Å². The molecule has 1 aliphatic heterocycles. The minimum Gasteiger partial charge on any atom is -0.376 e. The molecule has 0 aliphatic carbocycles. The number of hydrogen-bond donors (Lipinski definition) is 2. The van der Waals surface area contributed by atoms with Gasteiger partial charge in [-0.2, -0.15) is 0 Å². The Bertz CT molecular complexity index is 250. The summed E-state index contributed by atoms with van der Waals surface area (Å²) in [6, 6.07) is -0.478. The average Bonchev–Trinajstić information content (AvgIpc) is 2.78. The van der Waals surface area contributed by atoms with E-state index in [1.165, 1.54) is 0 Å². The fraction of sp³-hybridized carbons (Fsp3) is 0.818. The summed E-state index contributed by atoms with van der Waals surface area (Å²) in [5, 5.41) is 5.39. The van der Waals surface area contributed by atoms with E-state index < -0.39 is 6.04 Å². The van der Waals surface area contributed by atoms with E-state index in [0.29, 0.717) is 13.0 Å². The van der Waals surface area contributed by atoms with Crippen LogP contribution in [0.4, 0.5) is 0 Å². The molecule has 2 amide bonds. The fourth-order valence-corrected chi connectivity index (χ4v) is 1.58. The van der Waals surface area contributed by atoms with Crippen molar-refractivity contribution < 1.29 is 14.3 Å². The van der Waals surface area contributed by atoms with E-state index in [1.54, 1.807) is 13.8 Å². The first kappa shape index (κ1) is 13.0. The van der Waals surface area contributed by atoms with Gasteiger partial charge >= 0.3 is 0 Å². The molecule has 1 rings (SSSR count). The summed E-state index contributed by atoms with van der Waals surface area (Å²) in [7, 11) is 0. The summed E-state index contributed by atoms with van der Waals surface area (Å²) in [4.78, 5) is 22.6. The lowest BCUT2D eigenvalue weighted by Crippen LogP contribution is -2.46. The van der Waals surface area contributed by atoms with Gasteiger partial charge in [0, 0.05) is 19.6 Å². The second kappa shape index (κ2) is 6.48. The minimum atomic E-state index is -0.478. The zero-order valence-electron chi connectivity index (χ0n) is 9.91. The molecule has 0 saturated carbocycles. The van der Waals surface area contributed by atoms with Crippen molar-refractivity contribution in [2.75, 3.05) is 13.2 Å². The van der Waals surface area contributed by atoms with Gasteiger partial charge in [0.15, 0.2) is 0 Å². The molecule has 0 aromatic carbocycles. The number of hydrogen-bond acceptors (Lipinski definition) is 3. The maximum atomic E-state index is 11.6. The molecule has 1 aliphatic rings. The molecule has 0 bridgehead atoms. The summed E-state index contributed by atoms with van der Waals surface area (Å²) < 4.78 is 5.38. The minimum absolute atomic E-state index is 0.111. The Hall–Kier alpha value is -1.10. The second-order valence-electron chi connectivity index (χ2n) is 4.02. The third-order valence-electron chi connectivity index (χ3n) is 2.62. The van der Waals surface area contributed by atoms with Gasteiger partial charge in [-0.25, -0.2) is 0 Å². The van der Waals surface area contributed by atoms with Crippen LogP contribution in [0.2, 0.25) is 0 Å². The summed E-state index contributed by atoms with van der Waals surface area (Å²) in [5.74, 6) is -0.267. The number of amides is 2. The van der Waals surface area contributed by atoms with E-state index in [4.69, 9.17) is 4.74 Å². The van der Waals surface area contributed by atoms with E-state index in [2.05, 4.69) is 10.6 Å². The van der Waals surface area contributed by atoms with Crippen LogP contribution in [0.25, 0.3) is 0 Å². The molecular weight excluding hydrogens is 208 g/mol. The zero-order chi connectivity index (χ0) is 12.0. The van der Waals surface area contributed by atoms with Gasteiger partial charge in [-0.3, -0.25) is 9.59 Å². The van der Waals surface area contributed by atoms with E-state index in [0.717, 1.165) is 19.4 Å². The topological polar surface area (TPSA) is 67.4 Å². The lowest BCUT2D eigenvalue weighted by atomic mass is 10.2. The van der Waals surface area contributed by atoms with Crippen LogP contribution in [0, 0.1) is 0 Å². The largest absolute Gasteiger partial charge is 0.376 e. The number of carbonyl (C=O) groups excluding carboxylic acids is 2. The van der Waals surface area contributed by atoms with Gasteiger partial charge in [-0.1, -0.05) is 6.92 Å². The van der Waals surface area contributed by atoms with Gasteiger partial charge in [0.05, 0.1) is 6.10 Å². The Morgan fingerprint density at radius 3 is 2.81 bits per heavy atom. The first-order chi connectivity index (χ1) is 7.63. The first-order valence-corrected chi connectivity index (χ1v) is 5.82. The molecule has 5 nitrogen and oxygen atoms in total. The van der Waals surface area contributed by atoms with Crippen molar-refractivity contribution in [2.24, 2.45) is 0 Å². The first-order valence-electron chi connectivity index (χ1n) is 5.82. The molecule has 2 unspecified atom stereocenters. The summed E-state index contributed by atoms with van der Waals surface area (Å²) in [5.41, 5.74) is 0.